The molecule has 1 fully saturated rings. The minimum absolute atomic E-state index is 0.0514. The molecule has 2 heterocycles. The summed E-state index contributed by atoms with van der Waals surface area (Å²) in [4.78, 5) is 36.8. The van der Waals surface area contributed by atoms with Crippen LogP contribution >= 0.6 is 0 Å². The molecule has 1 saturated heterocycles. The first-order valence-electron chi connectivity index (χ1n) is 9.70. The number of nitrogens with zero attached hydrogens (tertiary/aromatic N) is 2. The van der Waals surface area contributed by atoms with Gasteiger partial charge in [-0.15, -0.1) is 0 Å². The van der Waals surface area contributed by atoms with Crippen molar-refractivity contribution >= 4 is 17.6 Å². The maximum Gasteiger partial charge on any atom is 0.335 e. The second-order valence-corrected chi connectivity index (χ2v) is 7.31. The van der Waals surface area contributed by atoms with Crippen LogP contribution in [-0.4, -0.2) is 47.4 Å². The Morgan fingerprint density at radius 2 is 1.65 bits per heavy atom. The SMILES string of the molecule is CN1CCC(Oc2ccc([N+](=O)[O-])cc2)C(c2ccccc2)C12OC(=O)C=CC(=O)O2. The number of piperidine rings is 1. The van der Waals surface area contributed by atoms with Crippen LogP contribution in [0.15, 0.2) is 66.7 Å². The molecule has 2 aromatic carbocycles. The number of ether oxygens (including phenoxy) is 3. The fraction of sp³-hybridized carbons (Fsp3) is 0.273. The molecule has 0 aromatic heterocycles. The second-order valence-electron chi connectivity index (χ2n) is 7.31. The fourth-order valence-electron chi connectivity index (χ4n) is 3.95. The van der Waals surface area contributed by atoms with Gasteiger partial charge < -0.3 is 14.2 Å². The van der Waals surface area contributed by atoms with Crippen LogP contribution in [0.5, 0.6) is 5.75 Å². The predicted molar refractivity (Wildman–Crippen MR) is 108 cm³/mol. The number of esters is 2. The highest BCUT2D eigenvalue weighted by Gasteiger charge is 2.58. The predicted octanol–water partition coefficient (Wildman–Crippen LogP) is 2.77. The van der Waals surface area contributed by atoms with Crippen molar-refractivity contribution in [3.63, 3.8) is 0 Å². The molecule has 0 amide bonds. The van der Waals surface area contributed by atoms with E-state index >= 15 is 0 Å². The zero-order valence-corrected chi connectivity index (χ0v) is 16.7. The van der Waals surface area contributed by atoms with Gasteiger partial charge in [-0.2, -0.15) is 0 Å². The third-order valence-corrected chi connectivity index (χ3v) is 5.39. The van der Waals surface area contributed by atoms with E-state index in [1.807, 2.05) is 30.3 Å². The maximum atomic E-state index is 12.3. The summed E-state index contributed by atoms with van der Waals surface area (Å²) < 4.78 is 17.6. The fourth-order valence-corrected chi connectivity index (χ4v) is 3.95. The van der Waals surface area contributed by atoms with Crippen LogP contribution < -0.4 is 4.74 Å². The summed E-state index contributed by atoms with van der Waals surface area (Å²) in [5.74, 6) is -3.36. The number of benzene rings is 2. The number of nitro benzene ring substituents is 1. The molecule has 0 saturated carbocycles. The highest BCUT2D eigenvalue weighted by Crippen LogP contribution is 2.44. The molecule has 2 aliphatic rings. The van der Waals surface area contributed by atoms with Crippen LogP contribution in [-0.2, 0) is 19.1 Å². The van der Waals surface area contributed by atoms with Crippen molar-refractivity contribution in [1.29, 1.82) is 0 Å². The molecule has 2 unspecified atom stereocenters. The van der Waals surface area contributed by atoms with E-state index in [-0.39, 0.29) is 5.69 Å². The van der Waals surface area contributed by atoms with Gasteiger partial charge in [0.25, 0.3) is 5.69 Å². The summed E-state index contributed by atoms with van der Waals surface area (Å²) in [6.07, 6.45) is 2.07. The van der Waals surface area contributed by atoms with E-state index in [4.69, 9.17) is 14.2 Å². The molecule has 31 heavy (non-hydrogen) atoms. The molecule has 160 valence electrons. The third kappa shape index (κ3) is 3.99. The van der Waals surface area contributed by atoms with E-state index in [1.165, 1.54) is 24.3 Å². The van der Waals surface area contributed by atoms with Gasteiger partial charge in [0.1, 0.15) is 17.8 Å². The summed E-state index contributed by atoms with van der Waals surface area (Å²) >= 11 is 0. The van der Waals surface area contributed by atoms with E-state index in [1.54, 1.807) is 11.9 Å². The summed E-state index contributed by atoms with van der Waals surface area (Å²) in [6.45, 7) is 0.418. The van der Waals surface area contributed by atoms with Gasteiger partial charge >= 0.3 is 17.8 Å². The second kappa shape index (κ2) is 8.19. The Hall–Kier alpha value is -3.72. The topological polar surface area (TPSA) is 108 Å². The zero-order chi connectivity index (χ0) is 22.0. The molecular formula is C22H20N2O7. The van der Waals surface area contributed by atoms with E-state index in [9.17, 15) is 19.7 Å². The van der Waals surface area contributed by atoms with Crippen molar-refractivity contribution in [2.75, 3.05) is 13.6 Å². The van der Waals surface area contributed by atoms with E-state index < -0.39 is 34.8 Å². The molecule has 9 nitrogen and oxygen atoms in total. The number of hydrogen-bond donors (Lipinski definition) is 0. The minimum atomic E-state index is -1.71. The Morgan fingerprint density at radius 1 is 1.03 bits per heavy atom. The third-order valence-electron chi connectivity index (χ3n) is 5.39. The number of carbonyl (C=O) groups excluding carboxylic acids is 2. The van der Waals surface area contributed by atoms with E-state index in [0.717, 1.165) is 17.7 Å². The Balaban J connectivity index is 1.75. The Labute approximate surface area is 178 Å². The standard InChI is InChI=1S/C22H20N2O7/c1-23-14-13-18(29-17-9-7-16(8-10-17)24(27)28)21(15-5-3-2-4-6-15)22(23)30-19(25)11-12-20(26)31-22/h2-12,18,21H,13-14H2,1H3. The van der Waals surface area contributed by atoms with Crippen molar-refractivity contribution in [1.82, 2.24) is 4.90 Å². The molecule has 4 rings (SSSR count). The van der Waals surface area contributed by atoms with Crippen molar-refractivity contribution in [2.24, 2.45) is 0 Å². The average Bonchev–Trinajstić information content (AvgIpc) is 2.90. The summed E-state index contributed by atoms with van der Waals surface area (Å²) in [6, 6.07) is 14.9. The van der Waals surface area contributed by atoms with Gasteiger partial charge in [0.05, 0.1) is 4.92 Å². The summed E-state index contributed by atoms with van der Waals surface area (Å²) in [7, 11) is 1.71. The monoisotopic (exact) mass is 424 g/mol. The molecule has 1 spiro atoms. The minimum Gasteiger partial charge on any atom is -0.489 e. The van der Waals surface area contributed by atoms with E-state index in [2.05, 4.69) is 0 Å². The van der Waals surface area contributed by atoms with Gasteiger partial charge in [0.15, 0.2) is 0 Å². The largest absolute Gasteiger partial charge is 0.489 e. The Kier molecular flexibility index (Phi) is 5.43. The van der Waals surface area contributed by atoms with Crippen LogP contribution in [0, 0.1) is 10.1 Å². The van der Waals surface area contributed by atoms with Gasteiger partial charge in [0.2, 0.25) is 0 Å². The van der Waals surface area contributed by atoms with Gasteiger partial charge in [0, 0.05) is 30.8 Å². The molecule has 0 aliphatic carbocycles. The lowest BCUT2D eigenvalue weighted by Crippen LogP contribution is -2.63. The smallest absolute Gasteiger partial charge is 0.335 e. The zero-order valence-electron chi connectivity index (χ0n) is 16.7. The first-order chi connectivity index (χ1) is 14.9. The van der Waals surface area contributed by atoms with Crippen LogP contribution in [0.1, 0.15) is 17.9 Å². The number of likely N-dealkylation sites (tertiary alicyclic amines) is 1. The highest BCUT2D eigenvalue weighted by atomic mass is 16.8. The van der Waals surface area contributed by atoms with Crippen molar-refractivity contribution in [3.05, 3.63) is 82.4 Å². The maximum absolute atomic E-state index is 12.3. The molecule has 2 atom stereocenters. The van der Waals surface area contributed by atoms with E-state index in [0.29, 0.717) is 18.7 Å². The molecule has 9 heteroatoms. The number of carbonyl (C=O) groups is 2. The van der Waals surface area contributed by atoms with Crippen LogP contribution in [0.3, 0.4) is 0 Å². The lowest BCUT2D eigenvalue weighted by Gasteiger charge is -2.49. The van der Waals surface area contributed by atoms with Crippen LogP contribution in [0.4, 0.5) is 5.69 Å². The number of nitro groups is 1. The molecule has 0 bridgehead atoms. The van der Waals surface area contributed by atoms with Crippen molar-refractivity contribution in [3.8, 4) is 5.75 Å². The summed E-state index contributed by atoms with van der Waals surface area (Å²) in [5.41, 5.74) is 0.702. The molecule has 2 aromatic rings. The number of rotatable bonds is 4. The molecule has 2 aliphatic heterocycles. The normalized spacial score (nSPS) is 23.0. The Bertz CT molecular complexity index is 1000. The molecule has 0 radical (unpaired) electrons. The first kappa shape index (κ1) is 20.5. The van der Waals surface area contributed by atoms with Gasteiger partial charge in [-0.1, -0.05) is 30.3 Å². The quantitative estimate of drug-likeness (QED) is 0.419. The Morgan fingerprint density at radius 3 is 2.23 bits per heavy atom. The molecular weight excluding hydrogens is 404 g/mol. The highest BCUT2D eigenvalue weighted by molar-refractivity contribution is 5.93. The van der Waals surface area contributed by atoms with Crippen LogP contribution in [0.2, 0.25) is 0 Å². The number of hydrogen-bond acceptors (Lipinski definition) is 8. The summed E-state index contributed by atoms with van der Waals surface area (Å²) in [5, 5.41) is 10.9. The van der Waals surface area contributed by atoms with Gasteiger partial charge in [-0.05, 0) is 31.2 Å². The first-order valence-corrected chi connectivity index (χ1v) is 9.70. The lowest BCUT2D eigenvalue weighted by atomic mass is 9.83. The van der Waals surface area contributed by atoms with Gasteiger partial charge in [-0.25, -0.2) is 14.5 Å². The van der Waals surface area contributed by atoms with Gasteiger partial charge in [-0.3, -0.25) is 10.1 Å². The molecule has 0 N–H and O–H groups in total. The number of non-ortho nitro benzene ring substituents is 1. The lowest BCUT2D eigenvalue weighted by molar-refractivity contribution is -0.384. The van der Waals surface area contributed by atoms with Crippen molar-refractivity contribution < 1.29 is 28.7 Å². The average molecular weight is 424 g/mol. The number of likely N-dealkylation sites (N-methyl/N-ethyl adjacent to an activating group) is 1. The van der Waals surface area contributed by atoms with Crippen molar-refractivity contribution in [2.45, 2.75) is 24.4 Å². The van der Waals surface area contributed by atoms with Crippen LogP contribution in [0.25, 0.3) is 0 Å².